The second kappa shape index (κ2) is 8.33. The van der Waals surface area contributed by atoms with E-state index in [2.05, 4.69) is 22.4 Å². The highest BCUT2D eigenvalue weighted by Gasteiger charge is 2.31. The summed E-state index contributed by atoms with van der Waals surface area (Å²) < 4.78 is 6.18. The molecular weight excluding hydrogens is 408 g/mol. The Bertz CT molecular complexity index is 1200. The van der Waals surface area contributed by atoms with E-state index in [1.807, 2.05) is 32.0 Å². The molecule has 1 fully saturated rings. The van der Waals surface area contributed by atoms with Crippen molar-refractivity contribution in [1.29, 1.82) is 5.41 Å². The van der Waals surface area contributed by atoms with Crippen LogP contribution in [0.25, 0.3) is 16.7 Å². The molecule has 32 heavy (non-hydrogen) atoms. The van der Waals surface area contributed by atoms with Crippen LogP contribution in [-0.2, 0) is 9.59 Å². The van der Waals surface area contributed by atoms with E-state index in [0.717, 1.165) is 16.5 Å². The monoisotopic (exact) mass is 434 g/mol. The van der Waals surface area contributed by atoms with Crippen LogP contribution in [0.4, 0.5) is 0 Å². The minimum atomic E-state index is -0.635. The van der Waals surface area contributed by atoms with Crippen LogP contribution in [0.1, 0.15) is 29.7 Å². The zero-order valence-electron chi connectivity index (χ0n) is 18.1. The van der Waals surface area contributed by atoms with Gasteiger partial charge in [-0.3, -0.25) is 15.0 Å². The molecule has 1 aromatic carbocycles. The van der Waals surface area contributed by atoms with Crippen molar-refractivity contribution < 1.29 is 14.0 Å². The van der Waals surface area contributed by atoms with E-state index >= 15 is 0 Å². The molecule has 3 heterocycles. The van der Waals surface area contributed by atoms with Crippen molar-refractivity contribution in [2.45, 2.75) is 32.7 Å². The van der Waals surface area contributed by atoms with Crippen LogP contribution in [0.2, 0.25) is 0 Å². The van der Waals surface area contributed by atoms with Crippen LogP contribution in [0.3, 0.4) is 0 Å². The Balaban J connectivity index is 1.77. The van der Waals surface area contributed by atoms with E-state index in [9.17, 15) is 9.59 Å². The molecule has 2 amide bonds. The molecule has 0 radical (unpaired) electrons. The summed E-state index contributed by atoms with van der Waals surface area (Å²) in [6, 6.07) is 5.90. The van der Waals surface area contributed by atoms with Crippen molar-refractivity contribution in [2.24, 2.45) is 10.8 Å². The third-order valence-corrected chi connectivity index (χ3v) is 5.91. The maximum absolute atomic E-state index is 12.2. The average molecular weight is 435 g/mol. The summed E-state index contributed by atoms with van der Waals surface area (Å²) >= 11 is 0. The lowest BCUT2D eigenvalue weighted by Gasteiger charge is -2.33. The van der Waals surface area contributed by atoms with E-state index in [-0.39, 0.29) is 29.1 Å². The number of hydrogen-bond donors (Lipinski definition) is 4. The zero-order chi connectivity index (χ0) is 23.0. The minimum absolute atomic E-state index is 0.00805. The number of nitrogens with two attached hydrogens (primary N) is 1. The van der Waals surface area contributed by atoms with Gasteiger partial charge in [0.1, 0.15) is 11.3 Å². The number of hydrazone groups is 1. The molecule has 0 aliphatic carbocycles. The number of rotatable bonds is 4. The molecule has 2 aromatic rings. The molecule has 1 aromatic heterocycles. The summed E-state index contributed by atoms with van der Waals surface area (Å²) in [5.74, 6) is -0.174. The van der Waals surface area contributed by atoms with Gasteiger partial charge in [0.25, 0.3) is 5.91 Å². The molecule has 0 atom stereocenters. The van der Waals surface area contributed by atoms with Crippen molar-refractivity contribution in [3.63, 3.8) is 0 Å². The first kappa shape index (κ1) is 21.4. The van der Waals surface area contributed by atoms with Gasteiger partial charge in [0, 0.05) is 30.1 Å². The predicted molar refractivity (Wildman–Crippen MR) is 123 cm³/mol. The fourth-order valence-electron chi connectivity index (χ4n) is 4.12. The van der Waals surface area contributed by atoms with Crippen LogP contribution < -0.4 is 16.5 Å². The van der Waals surface area contributed by atoms with Gasteiger partial charge < -0.3 is 20.4 Å². The van der Waals surface area contributed by atoms with Crippen molar-refractivity contribution >= 4 is 40.0 Å². The number of carbonyl (C=O) groups excluding carboxylic acids is 2. The second-order valence-electron chi connectivity index (χ2n) is 8.07. The van der Waals surface area contributed by atoms with E-state index < -0.39 is 5.91 Å². The normalized spacial score (nSPS) is 18.9. The lowest BCUT2D eigenvalue weighted by atomic mass is 9.98. The lowest BCUT2D eigenvalue weighted by Crippen LogP contribution is -2.46. The Morgan fingerprint density at radius 2 is 2.09 bits per heavy atom. The average Bonchev–Trinajstić information content (AvgIpc) is 3.11. The maximum atomic E-state index is 12.2. The van der Waals surface area contributed by atoms with Crippen molar-refractivity contribution in [3.8, 4) is 0 Å². The molecule has 5 N–H and O–H groups in total. The molecule has 9 heteroatoms. The van der Waals surface area contributed by atoms with Gasteiger partial charge in [-0.05, 0) is 44.9 Å². The Kier molecular flexibility index (Phi) is 5.56. The SMILES string of the molecule is C=CC(=O)N1CCC(N/C(=C2\C(=N)C(=O)NN=C2N)c2oc3ccc(C)cc3c2C)CC1. The van der Waals surface area contributed by atoms with Crippen molar-refractivity contribution in [3.05, 3.63) is 53.3 Å². The van der Waals surface area contributed by atoms with Crippen LogP contribution in [0.5, 0.6) is 0 Å². The van der Waals surface area contributed by atoms with Crippen LogP contribution >= 0.6 is 0 Å². The Labute approximate surface area is 185 Å². The number of likely N-dealkylation sites (tertiary alicyclic amines) is 1. The van der Waals surface area contributed by atoms with Gasteiger partial charge >= 0.3 is 0 Å². The highest BCUT2D eigenvalue weighted by Crippen LogP contribution is 2.32. The van der Waals surface area contributed by atoms with Crippen molar-refractivity contribution in [2.75, 3.05) is 13.1 Å². The number of nitrogens with one attached hydrogen (secondary N) is 3. The molecule has 2 aliphatic rings. The highest BCUT2D eigenvalue weighted by atomic mass is 16.3. The van der Waals surface area contributed by atoms with Gasteiger partial charge in [-0.2, -0.15) is 5.10 Å². The smallest absolute Gasteiger partial charge is 0.290 e. The highest BCUT2D eigenvalue weighted by molar-refractivity contribution is 6.53. The number of piperidine rings is 1. The minimum Gasteiger partial charge on any atom is -0.454 e. The number of aryl methyl sites for hydroxylation is 2. The first-order valence-corrected chi connectivity index (χ1v) is 10.4. The van der Waals surface area contributed by atoms with E-state index in [4.69, 9.17) is 15.6 Å². The van der Waals surface area contributed by atoms with Gasteiger partial charge in [0.2, 0.25) is 5.91 Å². The molecular formula is C23H26N6O3. The number of furan rings is 1. The maximum Gasteiger partial charge on any atom is 0.290 e. The summed E-state index contributed by atoms with van der Waals surface area (Å²) in [5.41, 5.74) is 11.4. The van der Waals surface area contributed by atoms with Crippen LogP contribution in [0, 0.1) is 19.3 Å². The topological polar surface area (TPSA) is 137 Å². The Hall–Kier alpha value is -3.88. The summed E-state index contributed by atoms with van der Waals surface area (Å²) in [4.78, 5) is 25.9. The van der Waals surface area contributed by atoms with E-state index in [1.165, 1.54) is 6.08 Å². The zero-order valence-corrected chi connectivity index (χ0v) is 18.1. The lowest BCUT2D eigenvalue weighted by molar-refractivity contribution is -0.127. The predicted octanol–water partition coefficient (Wildman–Crippen LogP) is 1.95. The molecule has 0 saturated carbocycles. The van der Waals surface area contributed by atoms with Gasteiger partial charge in [0.15, 0.2) is 11.6 Å². The third kappa shape index (κ3) is 3.77. The molecule has 0 bridgehead atoms. The number of fused-ring (bicyclic) bond motifs is 1. The standard InChI is InChI=1S/C23H26N6O3/c1-4-17(30)29-9-7-14(8-10-29)26-20(18-19(24)23(31)28-27-22(18)25)21-13(3)15-11-12(2)5-6-16(15)32-21/h4-6,11,14,24,26H,1,7-10H2,2-3H3,(H2,25,27)(H,28,31)/b20-18+,24-19?. The second-order valence-corrected chi connectivity index (χ2v) is 8.07. The molecule has 1 saturated heterocycles. The number of amides is 2. The molecule has 2 aliphatic heterocycles. The number of benzene rings is 1. The first-order valence-electron chi connectivity index (χ1n) is 10.4. The molecule has 0 unspecified atom stereocenters. The molecule has 0 spiro atoms. The summed E-state index contributed by atoms with van der Waals surface area (Å²) in [7, 11) is 0. The van der Waals surface area contributed by atoms with E-state index in [1.54, 1.807) is 4.90 Å². The van der Waals surface area contributed by atoms with Gasteiger partial charge in [-0.15, -0.1) is 0 Å². The van der Waals surface area contributed by atoms with Crippen LogP contribution in [0.15, 0.2) is 45.9 Å². The van der Waals surface area contributed by atoms with Crippen molar-refractivity contribution in [1.82, 2.24) is 15.6 Å². The van der Waals surface area contributed by atoms with Gasteiger partial charge in [0.05, 0.1) is 11.3 Å². The number of carbonyl (C=O) groups is 2. The fraction of sp³-hybridized carbons (Fsp3) is 0.304. The van der Waals surface area contributed by atoms with Gasteiger partial charge in [-0.25, -0.2) is 5.43 Å². The molecule has 166 valence electrons. The summed E-state index contributed by atoms with van der Waals surface area (Å²) in [6.45, 7) is 8.64. The Morgan fingerprint density at radius 1 is 1.38 bits per heavy atom. The quantitative estimate of drug-likeness (QED) is 0.545. The third-order valence-electron chi connectivity index (χ3n) is 5.91. The van der Waals surface area contributed by atoms with Gasteiger partial charge in [-0.1, -0.05) is 18.2 Å². The molecule has 9 nitrogen and oxygen atoms in total. The molecule has 4 rings (SSSR count). The largest absolute Gasteiger partial charge is 0.454 e. The van der Waals surface area contributed by atoms with E-state index in [0.29, 0.717) is 43.0 Å². The summed E-state index contributed by atoms with van der Waals surface area (Å²) in [5, 5.41) is 16.6. The van der Waals surface area contributed by atoms with Crippen LogP contribution in [-0.4, -0.2) is 47.4 Å². The number of nitrogens with zero attached hydrogens (tertiary/aromatic N) is 2. The Morgan fingerprint density at radius 3 is 2.78 bits per heavy atom. The fourth-order valence-corrected chi connectivity index (χ4v) is 4.12. The first-order chi connectivity index (χ1) is 15.3. The number of amidine groups is 1. The summed E-state index contributed by atoms with van der Waals surface area (Å²) in [6.07, 6.45) is 2.69. The number of hydrogen-bond acceptors (Lipinski definition) is 7.